The Morgan fingerprint density at radius 1 is 1.17 bits per heavy atom. The lowest BCUT2D eigenvalue weighted by molar-refractivity contribution is 0.300. The molecule has 1 heterocycles. The van der Waals surface area contributed by atoms with Gasteiger partial charge in [0.05, 0.1) is 0 Å². The van der Waals surface area contributed by atoms with Crippen molar-refractivity contribution in [3.05, 3.63) is 0 Å². The first-order chi connectivity index (χ1) is 5.92. The molecule has 1 N–H and O–H groups in total. The molecule has 1 aliphatic carbocycles. The number of rotatable bonds is 3. The van der Waals surface area contributed by atoms with Crippen molar-refractivity contribution in [2.24, 2.45) is 11.8 Å². The number of hydrogen-bond acceptors (Lipinski definition) is 2. The van der Waals surface area contributed by atoms with Crippen molar-refractivity contribution < 1.29 is 0 Å². The Balaban J connectivity index is 1.87. The van der Waals surface area contributed by atoms with Crippen LogP contribution in [0.3, 0.4) is 0 Å². The van der Waals surface area contributed by atoms with E-state index in [2.05, 4.69) is 24.1 Å². The molecule has 1 saturated carbocycles. The predicted molar refractivity (Wildman–Crippen MR) is 55.6 cm³/mol. The Morgan fingerprint density at radius 2 is 1.83 bits per heavy atom. The van der Waals surface area contributed by atoms with E-state index >= 15 is 0 Å². The van der Waals surface area contributed by atoms with E-state index < -0.39 is 0 Å². The van der Waals surface area contributed by atoms with E-state index in [1.165, 1.54) is 37.2 Å². The van der Waals surface area contributed by atoms with Crippen LogP contribution in [-0.2, 0) is 0 Å². The first-order valence-corrected chi connectivity index (χ1v) is 6.32. The Hall–Kier alpha value is 0.310. The minimum Gasteiger partial charge on any atom is -0.316 e. The lowest BCUT2D eigenvalue weighted by Crippen LogP contribution is -2.45. The number of hydrogen-bond donors (Lipinski definition) is 1. The van der Waals surface area contributed by atoms with Crippen molar-refractivity contribution in [3.8, 4) is 0 Å². The van der Waals surface area contributed by atoms with E-state index in [1.54, 1.807) is 0 Å². The van der Waals surface area contributed by atoms with E-state index in [0.717, 1.165) is 17.9 Å². The molecule has 12 heavy (non-hydrogen) atoms. The third-order valence-corrected chi connectivity index (χ3v) is 4.74. The lowest BCUT2D eigenvalue weighted by Gasteiger charge is -2.36. The molecule has 0 amide bonds. The molecule has 2 heteroatoms. The van der Waals surface area contributed by atoms with Gasteiger partial charge in [0.1, 0.15) is 0 Å². The van der Waals surface area contributed by atoms with Crippen molar-refractivity contribution in [2.45, 2.75) is 31.7 Å². The summed E-state index contributed by atoms with van der Waals surface area (Å²) < 4.78 is 0. The molecule has 0 aromatic rings. The van der Waals surface area contributed by atoms with E-state index in [0.29, 0.717) is 0 Å². The molecular formula is C10H19NS. The van der Waals surface area contributed by atoms with Crippen molar-refractivity contribution in [1.29, 1.82) is 0 Å². The minimum atomic E-state index is 0.841. The molecule has 2 aliphatic rings. The van der Waals surface area contributed by atoms with Crippen molar-refractivity contribution in [2.75, 3.05) is 18.6 Å². The SMILES string of the molecule is CNC(C1CCCC1)C1CSC1. The van der Waals surface area contributed by atoms with Crippen molar-refractivity contribution >= 4 is 11.8 Å². The van der Waals surface area contributed by atoms with Gasteiger partial charge in [0, 0.05) is 6.04 Å². The molecular weight excluding hydrogens is 166 g/mol. The topological polar surface area (TPSA) is 12.0 Å². The van der Waals surface area contributed by atoms with E-state index in [9.17, 15) is 0 Å². The Bertz CT molecular complexity index is 139. The Kier molecular flexibility index (Phi) is 2.97. The van der Waals surface area contributed by atoms with Gasteiger partial charge in [0.15, 0.2) is 0 Å². The molecule has 1 saturated heterocycles. The summed E-state index contributed by atoms with van der Waals surface area (Å²) in [6.45, 7) is 0. The molecule has 1 nitrogen and oxygen atoms in total. The second-order valence-electron chi connectivity index (χ2n) is 4.16. The second kappa shape index (κ2) is 4.01. The third kappa shape index (κ3) is 1.64. The predicted octanol–water partition coefficient (Wildman–Crippen LogP) is 2.13. The average molecular weight is 185 g/mol. The molecule has 1 atom stereocenters. The molecule has 1 aliphatic heterocycles. The summed E-state index contributed by atoms with van der Waals surface area (Å²) in [5.41, 5.74) is 0. The fourth-order valence-corrected chi connectivity index (χ4v) is 3.56. The highest BCUT2D eigenvalue weighted by atomic mass is 32.2. The van der Waals surface area contributed by atoms with E-state index in [-0.39, 0.29) is 0 Å². The first kappa shape index (κ1) is 8.89. The van der Waals surface area contributed by atoms with Gasteiger partial charge in [-0.2, -0.15) is 11.8 Å². The maximum Gasteiger partial charge on any atom is 0.0136 e. The van der Waals surface area contributed by atoms with Crippen LogP contribution in [0.2, 0.25) is 0 Å². The second-order valence-corrected chi connectivity index (χ2v) is 5.23. The third-order valence-electron chi connectivity index (χ3n) is 3.41. The molecule has 0 bridgehead atoms. The molecule has 0 spiro atoms. The maximum atomic E-state index is 3.53. The highest BCUT2D eigenvalue weighted by Crippen LogP contribution is 2.36. The summed E-state index contributed by atoms with van der Waals surface area (Å²) in [7, 11) is 2.14. The summed E-state index contributed by atoms with van der Waals surface area (Å²) in [4.78, 5) is 0. The zero-order valence-electron chi connectivity index (χ0n) is 7.88. The molecule has 1 unspecified atom stereocenters. The van der Waals surface area contributed by atoms with Gasteiger partial charge in [-0.05, 0) is 43.2 Å². The van der Waals surface area contributed by atoms with Crippen LogP contribution < -0.4 is 5.32 Å². The molecule has 2 rings (SSSR count). The van der Waals surface area contributed by atoms with Gasteiger partial charge in [0.25, 0.3) is 0 Å². The summed E-state index contributed by atoms with van der Waals surface area (Å²) >= 11 is 2.11. The monoisotopic (exact) mass is 185 g/mol. The van der Waals surface area contributed by atoms with Crippen molar-refractivity contribution in [3.63, 3.8) is 0 Å². The zero-order valence-corrected chi connectivity index (χ0v) is 8.70. The summed E-state index contributed by atoms with van der Waals surface area (Å²) in [6, 6.07) is 0.841. The van der Waals surface area contributed by atoms with Crippen LogP contribution in [0.1, 0.15) is 25.7 Å². The van der Waals surface area contributed by atoms with Gasteiger partial charge in [-0.3, -0.25) is 0 Å². The summed E-state index contributed by atoms with van der Waals surface area (Å²) in [6.07, 6.45) is 5.91. The zero-order chi connectivity index (χ0) is 8.39. The van der Waals surface area contributed by atoms with Gasteiger partial charge in [0.2, 0.25) is 0 Å². The molecule has 2 fully saturated rings. The minimum absolute atomic E-state index is 0.841. The molecule has 0 radical (unpaired) electrons. The van der Waals surface area contributed by atoms with Crippen LogP contribution in [-0.4, -0.2) is 24.6 Å². The highest BCUT2D eigenvalue weighted by Gasteiger charge is 2.33. The maximum absolute atomic E-state index is 3.53. The fourth-order valence-electron chi connectivity index (χ4n) is 2.63. The van der Waals surface area contributed by atoms with Crippen LogP contribution in [0.5, 0.6) is 0 Å². The molecule has 0 aromatic carbocycles. The van der Waals surface area contributed by atoms with Crippen LogP contribution >= 0.6 is 11.8 Å². The molecule has 0 aromatic heterocycles. The van der Waals surface area contributed by atoms with Crippen LogP contribution in [0, 0.1) is 11.8 Å². The number of thioether (sulfide) groups is 1. The van der Waals surface area contributed by atoms with Gasteiger partial charge in [-0.25, -0.2) is 0 Å². The van der Waals surface area contributed by atoms with Crippen molar-refractivity contribution in [1.82, 2.24) is 5.32 Å². The largest absolute Gasteiger partial charge is 0.316 e. The summed E-state index contributed by atoms with van der Waals surface area (Å²) in [5, 5.41) is 3.53. The number of nitrogens with one attached hydrogen (secondary N) is 1. The van der Waals surface area contributed by atoms with Gasteiger partial charge in [-0.1, -0.05) is 12.8 Å². The summed E-state index contributed by atoms with van der Waals surface area (Å²) in [5.74, 6) is 4.80. The quantitative estimate of drug-likeness (QED) is 0.723. The van der Waals surface area contributed by atoms with Crippen LogP contribution in [0.25, 0.3) is 0 Å². The Labute approximate surface area is 79.7 Å². The average Bonchev–Trinajstić information content (AvgIpc) is 2.47. The van der Waals surface area contributed by atoms with Gasteiger partial charge < -0.3 is 5.32 Å². The van der Waals surface area contributed by atoms with Gasteiger partial charge >= 0.3 is 0 Å². The van der Waals surface area contributed by atoms with E-state index in [4.69, 9.17) is 0 Å². The standard InChI is InChI=1S/C10H19NS/c1-11-10(9-6-12-7-9)8-4-2-3-5-8/h8-11H,2-7H2,1H3. The van der Waals surface area contributed by atoms with Crippen LogP contribution in [0.15, 0.2) is 0 Å². The highest BCUT2D eigenvalue weighted by molar-refractivity contribution is 8.00. The normalized spacial score (nSPS) is 28.8. The first-order valence-electron chi connectivity index (χ1n) is 5.17. The fraction of sp³-hybridized carbons (Fsp3) is 1.00. The van der Waals surface area contributed by atoms with Gasteiger partial charge in [-0.15, -0.1) is 0 Å². The lowest BCUT2D eigenvalue weighted by atomic mass is 9.89. The van der Waals surface area contributed by atoms with E-state index in [1.807, 2.05) is 0 Å². The van der Waals surface area contributed by atoms with Crippen LogP contribution in [0.4, 0.5) is 0 Å². The molecule has 70 valence electrons. The smallest absolute Gasteiger partial charge is 0.0136 e. The Morgan fingerprint density at radius 3 is 2.25 bits per heavy atom.